The second-order valence-electron chi connectivity index (χ2n) is 6.21. The molecular weight excluding hydrogens is 415 g/mol. The van der Waals surface area contributed by atoms with Gasteiger partial charge >= 0.3 is 10.2 Å². The van der Waals surface area contributed by atoms with Crippen molar-refractivity contribution in [1.82, 2.24) is 19.5 Å². The third kappa shape index (κ3) is 3.63. The highest BCUT2D eigenvalue weighted by atomic mass is 32.3. The first-order valence-corrected chi connectivity index (χ1v) is 9.80. The van der Waals surface area contributed by atoms with Gasteiger partial charge in [-0.25, -0.2) is 4.98 Å². The van der Waals surface area contributed by atoms with E-state index in [1.54, 1.807) is 24.3 Å². The lowest BCUT2D eigenvalue weighted by Crippen LogP contribution is -2.13. The molecule has 0 fully saturated rings. The van der Waals surface area contributed by atoms with Gasteiger partial charge in [0.1, 0.15) is 6.33 Å². The van der Waals surface area contributed by atoms with Crippen LogP contribution in [-0.2, 0) is 10.2 Å². The van der Waals surface area contributed by atoms with Crippen LogP contribution in [0.1, 0.15) is 10.4 Å². The number of hydrogen-bond donors (Lipinski definition) is 3. The van der Waals surface area contributed by atoms with E-state index in [1.807, 2.05) is 0 Å². The molecule has 152 valence electrons. The maximum absolute atomic E-state index is 13.2. The standard InChI is InChI=1S/C18H13FN6O4S/c19-30(28,29)13-6-1-3-10(7-13)16(26)22-11-4-2-5-12(8-11)25-9-21-14-15(25)23-18(20)24-17(14)27/h1-9H,(H,22,26)(H3,20,23,24,27). The lowest BCUT2D eigenvalue weighted by molar-refractivity contribution is 0.102. The lowest BCUT2D eigenvalue weighted by Gasteiger charge is -2.09. The molecule has 1 amide bonds. The number of amides is 1. The van der Waals surface area contributed by atoms with Crippen molar-refractivity contribution in [2.75, 3.05) is 11.1 Å². The van der Waals surface area contributed by atoms with Gasteiger partial charge in [-0.3, -0.25) is 19.1 Å². The fourth-order valence-corrected chi connectivity index (χ4v) is 3.35. The molecule has 0 atom stereocenters. The van der Waals surface area contributed by atoms with E-state index < -0.39 is 26.6 Å². The molecule has 0 aliphatic rings. The molecule has 10 nitrogen and oxygen atoms in total. The zero-order chi connectivity index (χ0) is 21.5. The fourth-order valence-electron chi connectivity index (χ4n) is 2.84. The normalized spacial score (nSPS) is 11.5. The van der Waals surface area contributed by atoms with Gasteiger partial charge < -0.3 is 11.1 Å². The summed E-state index contributed by atoms with van der Waals surface area (Å²) in [5, 5.41) is 2.61. The van der Waals surface area contributed by atoms with Gasteiger partial charge in [0.25, 0.3) is 11.5 Å². The number of benzene rings is 2. The molecule has 0 saturated heterocycles. The molecule has 0 saturated carbocycles. The number of aromatic amines is 1. The summed E-state index contributed by atoms with van der Waals surface area (Å²) in [4.78, 5) is 34.3. The molecule has 0 unspecified atom stereocenters. The Bertz CT molecular complexity index is 1460. The van der Waals surface area contributed by atoms with Gasteiger partial charge in [-0.05, 0) is 36.4 Å². The molecule has 30 heavy (non-hydrogen) atoms. The number of anilines is 2. The first-order chi connectivity index (χ1) is 14.2. The third-order valence-corrected chi connectivity index (χ3v) is 5.00. The van der Waals surface area contributed by atoms with E-state index >= 15 is 0 Å². The summed E-state index contributed by atoms with van der Waals surface area (Å²) in [5.41, 5.74) is 6.32. The number of aromatic nitrogens is 4. The molecule has 4 rings (SSSR count). The molecule has 2 heterocycles. The number of hydrogen-bond acceptors (Lipinski definition) is 7. The van der Waals surface area contributed by atoms with Crippen molar-refractivity contribution in [3.8, 4) is 5.69 Å². The highest BCUT2D eigenvalue weighted by Crippen LogP contribution is 2.20. The molecule has 12 heteroatoms. The van der Waals surface area contributed by atoms with Crippen LogP contribution in [0.2, 0.25) is 0 Å². The van der Waals surface area contributed by atoms with Crippen molar-refractivity contribution in [2.24, 2.45) is 0 Å². The molecule has 0 bridgehead atoms. The highest BCUT2D eigenvalue weighted by molar-refractivity contribution is 7.86. The SMILES string of the molecule is Nc1nc2c(ncn2-c2cccc(NC(=O)c3cccc(S(=O)(=O)F)c3)c2)c(=O)[nH]1. The Labute approximate surface area is 168 Å². The Morgan fingerprint density at radius 3 is 2.70 bits per heavy atom. The monoisotopic (exact) mass is 428 g/mol. The summed E-state index contributed by atoms with van der Waals surface area (Å²) in [6.45, 7) is 0. The van der Waals surface area contributed by atoms with Gasteiger partial charge in [-0.1, -0.05) is 12.1 Å². The van der Waals surface area contributed by atoms with Crippen molar-refractivity contribution in [1.29, 1.82) is 0 Å². The van der Waals surface area contributed by atoms with E-state index in [1.165, 1.54) is 23.0 Å². The van der Waals surface area contributed by atoms with Crippen molar-refractivity contribution in [3.05, 3.63) is 70.8 Å². The van der Waals surface area contributed by atoms with Gasteiger partial charge in [-0.15, -0.1) is 3.89 Å². The third-order valence-electron chi connectivity index (χ3n) is 4.19. The number of carbonyl (C=O) groups excluding carboxylic acids is 1. The summed E-state index contributed by atoms with van der Waals surface area (Å²) < 4.78 is 36.8. The lowest BCUT2D eigenvalue weighted by atomic mass is 10.2. The average Bonchev–Trinajstić information content (AvgIpc) is 3.12. The van der Waals surface area contributed by atoms with Crippen LogP contribution in [0, 0.1) is 0 Å². The molecule has 4 aromatic rings. The van der Waals surface area contributed by atoms with Crippen molar-refractivity contribution >= 4 is 38.9 Å². The van der Waals surface area contributed by atoms with Crippen molar-refractivity contribution in [3.63, 3.8) is 0 Å². The largest absolute Gasteiger partial charge is 0.369 e. The number of carbonyl (C=O) groups is 1. The Morgan fingerprint density at radius 2 is 1.93 bits per heavy atom. The molecule has 2 aromatic carbocycles. The molecule has 0 aliphatic heterocycles. The summed E-state index contributed by atoms with van der Waals surface area (Å²) in [7, 11) is -4.93. The number of nitrogens with two attached hydrogens (primary N) is 1. The second kappa shape index (κ2) is 7.08. The number of nitrogen functional groups attached to an aromatic ring is 1. The Hall–Kier alpha value is -4.06. The molecule has 4 N–H and O–H groups in total. The van der Waals surface area contributed by atoms with Gasteiger partial charge in [0, 0.05) is 11.3 Å². The first kappa shape index (κ1) is 19.3. The fraction of sp³-hybridized carbons (Fsp3) is 0. The van der Waals surface area contributed by atoms with E-state index in [9.17, 15) is 21.9 Å². The predicted octanol–water partition coefficient (Wildman–Crippen LogP) is 1.60. The number of H-pyrrole nitrogens is 1. The van der Waals surface area contributed by atoms with E-state index in [4.69, 9.17) is 5.73 Å². The van der Waals surface area contributed by atoms with Crippen molar-refractivity contribution < 1.29 is 17.1 Å². The molecule has 0 radical (unpaired) electrons. The number of nitrogens with one attached hydrogen (secondary N) is 2. The minimum atomic E-state index is -4.93. The number of imidazole rings is 1. The van der Waals surface area contributed by atoms with Crippen LogP contribution in [-0.4, -0.2) is 33.8 Å². The molecule has 2 aromatic heterocycles. The maximum atomic E-state index is 13.2. The molecule has 0 aliphatic carbocycles. The smallest absolute Gasteiger partial charge is 0.332 e. The summed E-state index contributed by atoms with van der Waals surface area (Å²) >= 11 is 0. The number of fused-ring (bicyclic) bond motifs is 1. The number of halogens is 1. The molecular formula is C18H13FN6O4S. The minimum absolute atomic E-state index is 0.0341. The van der Waals surface area contributed by atoms with Crippen LogP contribution < -0.4 is 16.6 Å². The number of rotatable bonds is 4. The Kier molecular flexibility index (Phi) is 4.54. The summed E-state index contributed by atoms with van der Waals surface area (Å²) in [6, 6.07) is 11.2. The zero-order valence-electron chi connectivity index (χ0n) is 15.0. The van der Waals surface area contributed by atoms with E-state index in [2.05, 4.69) is 20.3 Å². The maximum Gasteiger partial charge on any atom is 0.332 e. The number of nitrogens with zero attached hydrogens (tertiary/aromatic N) is 3. The van der Waals surface area contributed by atoms with E-state index in [0.29, 0.717) is 11.4 Å². The van der Waals surface area contributed by atoms with E-state index in [-0.39, 0.29) is 22.7 Å². The van der Waals surface area contributed by atoms with Crippen LogP contribution in [0.4, 0.5) is 15.5 Å². The van der Waals surface area contributed by atoms with Gasteiger partial charge in [-0.2, -0.15) is 13.4 Å². The van der Waals surface area contributed by atoms with Gasteiger partial charge in [0.15, 0.2) is 11.2 Å². The quantitative estimate of drug-likeness (QED) is 0.417. The van der Waals surface area contributed by atoms with Crippen LogP contribution in [0.25, 0.3) is 16.9 Å². The minimum Gasteiger partial charge on any atom is -0.369 e. The van der Waals surface area contributed by atoms with Crippen LogP contribution in [0.15, 0.2) is 64.5 Å². The second-order valence-corrected chi connectivity index (χ2v) is 7.56. The predicted molar refractivity (Wildman–Crippen MR) is 107 cm³/mol. The van der Waals surface area contributed by atoms with Gasteiger partial charge in [0.2, 0.25) is 5.95 Å². The Balaban J connectivity index is 1.67. The first-order valence-electron chi connectivity index (χ1n) is 8.42. The highest BCUT2D eigenvalue weighted by Gasteiger charge is 2.15. The van der Waals surface area contributed by atoms with Crippen LogP contribution in [0.5, 0.6) is 0 Å². The molecule has 0 spiro atoms. The summed E-state index contributed by atoms with van der Waals surface area (Å²) in [6.07, 6.45) is 1.39. The topological polar surface area (TPSA) is 153 Å². The average molecular weight is 428 g/mol. The zero-order valence-corrected chi connectivity index (χ0v) is 15.9. The van der Waals surface area contributed by atoms with Crippen molar-refractivity contribution in [2.45, 2.75) is 4.90 Å². The van der Waals surface area contributed by atoms with E-state index in [0.717, 1.165) is 12.1 Å². The van der Waals surface area contributed by atoms with Crippen LogP contribution in [0.3, 0.4) is 0 Å². The Morgan fingerprint density at radius 1 is 1.17 bits per heavy atom. The summed E-state index contributed by atoms with van der Waals surface area (Å²) in [5.74, 6) is -0.701. The van der Waals surface area contributed by atoms with Crippen LogP contribution >= 0.6 is 0 Å². The van der Waals surface area contributed by atoms with Gasteiger partial charge in [0.05, 0.1) is 10.6 Å².